The highest BCUT2D eigenvalue weighted by Crippen LogP contribution is 2.35. The van der Waals surface area contributed by atoms with Gasteiger partial charge in [0.1, 0.15) is 5.75 Å². The molecular weight excluding hydrogens is 717 g/mol. The zero-order valence-corrected chi connectivity index (χ0v) is 27.3. The first kappa shape index (κ1) is 36.5. The maximum atomic E-state index is 15.9. The van der Waals surface area contributed by atoms with Gasteiger partial charge in [0.05, 0.1) is 11.0 Å². The Hall–Kier alpha value is -3.34. The number of rotatable bonds is 8. The average Bonchev–Trinajstić information content (AvgIpc) is 3.52. The molecule has 0 radical (unpaired) electrons. The second kappa shape index (κ2) is 14.8. The third kappa shape index (κ3) is 9.39. The second-order valence-electron chi connectivity index (χ2n) is 11.4. The summed E-state index contributed by atoms with van der Waals surface area (Å²) in [6.07, 6.45) is 0.603. The molecule has 3 aromatic rings. The van der Waals surface area contributed by atoms with Crippen LogP contribution in [0.5, 0.6) is 5.75 Å². The summed E-state index contributed by atoms with van der Waals surface area (Å²) in [4.78, 5) is 23.4. The minimum absolute atomic E-state index is 0.0781. The fourth-order valence-electron chi connectivity index (χ4n) is 5.38. The Labute approximate surface area is 276 Å². The van der Waals surface area contributed by atoms with Gasteiger partial charge in [0.25, 0.3) is 5.92 Å². The number of fused-ring (bicyclic) bond motifs is 1. The van der Waals surface area contributed by atoms with Crippen LogP contribution in [0, 0.1) is 0 Å². The van der Waals surface area contributed by atoms with Crippen molar-refractivity contribution in [1.82, 2.24) is 9.62 Å². The van der Waals surface area contributed by atoms with Crippen molar-refractivity contribution in [2.75, 3.05) is 13.1 Å². The van der Waals surface area contributed by atoms with Gasteiger partial charge in [0.15, 0.2) is 6.04 Å². The maximum Gasteiger partial charge on any atom is 0.490 e. The van der Waals surface area contributed by atoms with Crippen LogP contribution in [0.4, 0.5) is 22.0 Å². The molecule has 0 unspecified atom stereocenters. The fraction of sp³-hybridized carbons (Fsp3) is 0.419. The van der Waals surface area contributed by atoms with Crippen molar-refractivity contribution >= 4 is 48.6 Å². The molecule has 0 bridgehead atoms. The Balaban J connectivity index is 0.000000644. The fourth-order valence-corrected chi connectivity index (χ4v) is 6.86. The minimum Gasteiger partial charge on any atom is -0.490 e. The van der Waals surface area contributed by atoms with Crippen LogP contribution in [0.3, 0.4) is 0 Å². The predicted octanol–water partition coefficient (Wildman–Crippen LogP) is 5.95. The molecule has 1 saturated carbocycles. The SMILES string of the molecule is N[C@H]1CCCN(C(=O)[C@@H](NS(=O)(=O)c2ccc3cc(OC4CCCC4)ccc3c2)C(F)(F)c2ccc(Br)cc2)C1.O=C(O)C(F)(F)F. The van der Waals surface area contributed by atoms with E-state index in [-0.39, 0.29) is 30.1 Å². The van der Waals surface area contributed by atoms with E-state index in [2.05, 4.69) is 20.7 Å². The lowest BCUT2D eigenvalue weighted by atomic mass is 9.99. The quantitative estimate of drug-likeness (QED) is 0.242. The van der Waals surface area contributed by atoms with Crippen LogP contribution in [0.2, 0.25) is 0 Å². The van der Waals surface area contributed by atoms with Crippen LogP contribution >= 0.6 is 15.9 Å². The third-order valence-corrected chi connectivity index (χ3v) is 9.77. The summed E-state index contributed by atoms with van der Waals surface area (Å²) >= 11 is 3.22. The van der Waals surface area contributed by atoms with Crippen molar-refractivity contribution in [2.24, 2.45) is 5.73 Å². The molecule has 5 rings (SSSR count). The number of nitrogens with two attached hydrogens (primary N) is 1. The number of benzene rings is 3. The van der Waals surface area contributed by atoms with Crippen LogP contribution in [0.25, 0.3) is 10.8 Å². The summed E-state index contributed by atoms with van der Waals surface area (Å²) in [6.45, 7) is 0.303. The number of likely N-dealkylation sites (tertiary alicyclic amines) is 1. The van der Waals surface area contributed by atoms with Crippen LogP contribution in [-0.4, -0.2) is 67.8 Å². The van der Waals surface area contributed by atoms with E-state index in [9.17, 15) is 26.4 Å². The van der Waals surface area contributed by atoms with Crippen LogP contribution in [-0.2, 0) is 25.5 Å². The van der Waals surface area contributed by atoms with E-state index in [4.69, 9.17) is 20.4 Å². The second-order valence-corrected chi connectivity index (χ2v) is 14.0. The van der Waals surface area contributed by atoms with Crippen molar-refractivity contribution in [1.29, 1.82) is 0 Å². The standard InChI is InChI=1S/C29H32BrF2N3O4S.C2HF3O2/c30-22-11-9-21(10-12-22)29(31,32)27(28(36)35-15-3-4-23(33)18-35)34-40(37,38)26-14-8-19-16-25(13-7-20(19)17-26)39-24-5-1-2-6-24;3-2(4,5)1(6)7/h7-14,16-17,23-24,27,34H,1-6,15,18,33H2;(H,6,7)/t23-,27+;/m0./s1. The van der Waals surface area contributed by atoms with E-state index in [0.29, 0.717) is 28.5 Å². The number of carbonyl (C=O) groups is 2. The van der Waals surface area contributed by atoms with Crippen molar-refractivity contribution in [3.63, 3.8) is 0 Å². The normalized spacial score (nSPS) is 18.4. The van der Waals surface area contributed by atoms with E-state index in [1.54, 1.807) is 18.2 Å². The van der Waals surface area contributed by atoms with Gasteiger partial charge < -0.3 is 20.5 Å². The van der Waals surface area contributed by atoms with E-state index in [0.717, 1.165) is 31.1 Å². The molecule has 256 valence electrons. The van der Waals surface area contributed by atoms with Gasteiger partial charge in [0, 0.05) is 29.2 Å². The largest absolute Gasteiger partial charge is 0.490 e. The number of ether oxygens (including phenoxy) is 1. The molecule has 1 heterocycles. The van der Waals surface area contributed by atoms with Gasteiger partial charge in [-0.05, 0) is 85.7 Å². The Morgan fingerprint density at radius 1 is 0.936 bits per heavy atom. The molecule has 2 atom stereocenters. The summed E-state index contributed by atoms with van der Waals surface area (Å²) in [5, 5.41) is 8.48. The van der Waals surface area contributed by atoms with Gasteiger partial charge in [-0.25, -0.2) is 13.2 Å². The molecule has 16 heteroatoms. The summed E-state index contributed by atoms with van der Waals surface area (Å²) in [7, 11) is -4.53. The molecule has 2 aliphatic rings. The summed E-state index contributed by atoms with van der Waals surface area (Å²) < 4.78 is 99.3. The number of amides is 1. The molecule has 1 saturated heterocycles. The van der Waals surface area contributed by atoms with Crippen molar-refractivity contribution in [2.45, 2.75) is 73.7 Å². The molecule has 0 spiro atoms. The van der Waals surface area contributed by atoms with Crippen LogP contribution in [0.1, 0.15) is 44.1 Å². The van der Waals surface area contributed by atoms with Gasteiger partial charge in [-0.1, -0.05) is 40.2 Å². The number of hydrogen-bond donors (Lipinski definition) is 3. The minimum atomic E-state index is -5.08. The van der Waals surface area contributed by atoms with Crippen molar-refractivity contribution in [3.8, 4) is 5.75 Å². The van der Waals surface area contributed by atoms with Gasteiger partial charge in [0.2, 0.25) is 15.9 Å². The first-order chi connectivity index (χ1) is 22.0. The van der Waals surface area contributed by atoms with Crippen molar-refractivity contribution < 1.29 is 49.8 Å². The molecular formula is C31H33BrF5N3O6S. The third-order valence-electron chi connectivity index (χ3n) is 7.82. The maximum absolute atomic E-state index is 15.9. The number of carboxylic acids is 1. The monoisotopic (exact) mass is 749 g/mol. The summed E-state index contributed by atoms with van der Waals surface area (Å²) in [5.74, 6) is -6.91. The molecule has 2 fully saturated rings. The number of carbonyl (C=O) groups excluding carboxylic acids is 1. The van der Waals surface area contributed by atoms with Gasteiger partial charge in [-0.15, -0.1) is 0 Å². The predicted molar refractivity (Wildman–Crippen MR) is 166 cm³/mol. The Morgan fingerprint density at radius 2 is 1.53 bits per heavy atom. The zero-order valence-electron chi connectivity index (χ0n) is 24.9. The highest BCUT2D eigenvalue weighted by atomic mass is 79.9. The molecule has 1 aliphatic heterocycles. The Bertz CT molecular complexity index is 1690. The van der Waals surface area contributed by atoms with Crippen LogP contribution < -0.4 is 15.2 Å². The van der Waals surface area contributed by atoms with E-state index < -0.39 is 45.6 Å². The number of alkyl halides is 5. The first-order valence-electron chi connectivity index (χ1n) is 14.7. The number of nitrogens with zero attached hydrogens (tertiary/aromatic N) is 1. The van der Waals surface area contributed by atoms with E-state index in [1.807, 2.05) is 6.07 Å². The first-order valence-corrected chi connectivity index (χ1v) is 17.0. The number of sulfonamides is 1. The summed E-state index contributed by atoms with van der Waals surface area (Å²) in [6, 6.07) is 12.2. The molecule has 1 aliphatic carbocycles. The zero-order chi connectivity index (χ0) is 34.6. The van der Waals surface area contributed by atoms with Crippen molar-refractivity contribution in [3.05, 3.63) is 70.7 Å². The number of halogens is 6. The lowest BCUT2D eigenvalue weighted by Crippen LogP contribution is -2.58. The summed E-state index contributed by atoms with van der Waals surface area (Å²) in [5.41, 5.74) is 5.51. The number of nitrogens with one attached hydrogen (secondary N) is 1. The lowest BCUT2D eigenvalue weighted by molar-refractivity contribution is -0.192. The number of carboxylic acid groups (broad SMARTS) is 1. The molecule has 3 aromatic carbocycles. The highest BCUT2D eigenvalue weighted by molar-refractivity contribution is 9.10. The number of piperidine rings is 1. The number of hydrogen-bond acceptors (Lipinski definition) is 6. The Kier molecular flexibility index (Phi) is 11.5. The highest BCUT2D eigenvalue weighted by Gasteiger charge is 2.50. The van der Waals surface area contributed by atoms with E-state index in [1.165, 1.54) is 41.3 Å². The molecule has 4 N–H and O–H groups in total. The molecule has 9 nitrogen and oxygen atoms in total. The van der Waals surface area contributed by atoms with Crippen LogP contribution in [0.15, 0.2) is 70.0 Å². The van der Waals surface area contributed by atoms with Gasteiger partial charge >= 0.3 is 12.1 Å². The average molecular weight is 751 g/mol. The molecule has 0 aromatic heterocycles. The number of aliphatic carboxylic acids is 1. The Morgan fingerprint density at radius 3 is 2.13 bits per heavy atom. The smallest absolute Gasteiger partial charge is 0.490 e. The van der Waals surface area contributed by atoms with E-state index >= 15 is 8.78 Å². The lowest BCUT2D eigenvalue weighted by Gasteiger charge is -2.36. The molecule has 1 amide bonds. The van der Waals surface area contributed by atoms with Gasteiger partial charge in [-0.3, -0.25) is 4.79 Å². The molecule has 47 heavy (non-hydrogen) atoms. The topological polar surface area (TPSA) is 139 Å². The van der Waals surface area contributed by atoms with Gasteiger partial charge in [-0.2, -0.15) is 26.7 Å².